The number of fused-ring (bicyclic) bond motifs is 1. The minimum atomic E-state index is 0.0405. The highest BCUT2D eigenvalue weighted by atomic mass is 32.1. The highest BCUT2D eigenvalue weighted by Gasteiger charge is 2.27. The van der Waals surface area contributed by atoms with Gasteiger partial charge in [0.25, 0.3) is 5.91 Å². The Morgan fingerprint density at radius 1 is 0.976 bits per heavy atom. The minimum Gasteiger partial charge on any atom is -0.497 e. The number of thiophene rings is 1. The van der Waals surface area contributed by atoms with Crippen LogP contribution in [0.3, 0.4) is 0 Å². The second kappa shape index (κ2) is 12.4. The lowest BCUT2D eigenvalue weighted by atomic mass is 9.89. The van der Waals surface area contributed by atoms with Crippen molar-refractivity contribution in [2.24, 2.45) is 0 Å². The monoisotopic (exact) mass is 559 g/mol. The molecule has 0 saturated carbocycles. The van der Waals surface area contributed by atoms with E-state index in [-0.39, 0.29) is 5.91 Å². The van der Waals surface area contributed by atoms with Crippen LogP contribution in [0.25, 0.3) is 23.1 Å². The Bertz CT molecular complexity index is 1640. The number of aromatic nitrogens is 1. The predicted molar refractivity (Wildman–Crippen MR) is 170 cm³/mol. The lowest BCUT2D eigenvalue weighted by Crippen LogP contribution is -2.38. The Balaban J connectivity index is 1.30. The molecule has 5 nitrogen and oxygen atoms in total. The molecule has 41 heavy (non-hydrogen) atoms. The SMILES string of the molecule is COc1ccc(/C=C/c2cccc3c(NCc4cccs4)c(C(=O)N4CCC(c5ccccc5)CC4)cnc23)cc1. The Kier molecular flexibility index (Phi) is 8.10. The van der Waals surface area contributed by atoms with Crippen LogP contribution in [0.15, 0.2) is 96.5 Å². The standard InChI is InChI=1S/C35H33N3O2S/c1-40-29-16-13-25(14-17-29)12-15-28-9-5-11-31-33(28)37-24-32(34(31)36-23-30-10-6-22-41-30)35(39)38-20-18-27(19-21-38)26-7-3-2-4-8-26/h2-17,22,24,27H,18-21,23H2,1H3,(H,36,37)/b15-12+. The summed E-state index contributed by atoms with van der Waals surface area (Å²) in [6.45, 7) is 2.13. The number of benzene rings is 3. The molecule has 1 fully saturated rings. The molecule has 1 aliphatic heterocycles. The number of methoxy groups -OCH3 is 1. The van der Waals surface area contributed by atoms with Crippen molar-refractivity contribution in [2.45, 2.75) is 25.3 Å². The van der Waals surface area contributed by atoms with Crippen molar-refractivity contribution in [1.29, 1.82) is 0 Å². The first-order chi connectivity index (χ1) is 20.2. The number of rotatable bonds is 8. The fourth-order valence-corrected chi connectivity index (χ4v) is 6.18. The van der Waals surface area contributed by atoms with Crippen molar-refractivity contribution in [3.8, 4) is 5.75 Å². The van der Waals surface area contributed by atoms with Gasteiger partial charge in [0.15, 0.2) is 0 Å². The number of carbonyl (C=O) groups excluding carboxylic acids is 1. The van der Waals surface area contributed by atoms with Crippen molar-refractivity contribution < 1.29 is 9.53 Å². The third-order valence-electron chi connectivity index (χ3n) is 7.80. The molecule has 3 heterocycles. The number of hydrogen-bond donors (Lipinski definition) is 1. The fraction of sp³-hybridized carbons (Fsp3) is 0.200. The molecule has 0 unspecified atom stereocenters. The van der Waals surface area contributed by atoms with Gasteiger partial charge in [0.05, 0.1) is 23.9 Å². The number of piperidine rings is 1. The van der Waals surface area contributed by atoms with Gasteiger partial charge in [0, 0.05) is 41.7 Å². The number of para-hydroxylation sites is 1. The summed E-state index contributed by atoms with van der Waals surface area (Å²) in [7, 11) is 1.67. The predicted octanol–water partition coefficient (Wildman–Crippen LogP) is 8.11. The summed E-state index contributed by atoms with van der Waals surface area (Å²) in [6.07, 6.45) is 7.85. The molecule has 1 saturated heterocycles. The van der Waals surface area contributed by atoms with E-state index in [4.69, 9.17) is 9.72 Å². The van der Waals surface area contributed by atoms with Crippen molar-refractivity contribution in [3.63, 3.8) is 0 Å². The quantitative estimate of drug-likeness (QED) is 0.195. The summed E-state index contributed by atoms with van der Waals surface area (Å²) >= 11 is 1.71. The zero-order valence-electron chi connectivity index (χ0n) is 23.1. The van der Waals surface area contributed by atoms with Gasteiger partial charge in [-0.25, -0.2) is 0 Å². The summed E-state index contributed by atoms with van der Waals surface area (Å²) in [6, 6.07) is 28.9. The molecule has 3 aromatic carbocycles. The van der Waals surface area contributed by atoms with Crippen LogP contribution in [0, 0.1) is 0 Å². The molecule has 0 aliphatic carbocycles. The Morgan fingerprint density at radius 2 is 1.78 bits per heavy atom. The van der Waals surface area contributed by atoms with E-state index in [0.29, 0.717) is 18.0 Å². The van der Waals surface area contributed by atoms with Gasteiger partial charge in [0.1, 0.15) is 5.75 Å². The van der Waals surface area contributed by atoms with Crippen LogP contribution < -0.4 is 10.1 Å². The summed E-state index contributed by atoms with van der Waals surface area (Å²) in [5.41, 5.74) is 5.78. The summed E-state index contributed by atoms with van der Waals surface area (Å²) in [5, 5.41) is 6.64. The van der Waals surface area contributed by atoms with Gasteiger partial charge < -0.3 is 15.0 Å². The second-order valence-corrected chi connectivity index (χ2v) is 11.3. The fourth-order valence-electron chi connectivity index (χ4n) is 5.53. The number of anilines is 1. The van der Waals surface area contributed by atoms with E-state index in [9.17, 15) is 4.79 Å². The van der Waals surface area contributed by atoms with Gasteiger partial charge in [-0.15, -0.1) is 11.3 Å². The Hall–Kier alpha value is -4.42. The van der Waals surface area contributed by atoms with Crippen molar-refractivity contribution in [1.82, 2.24) is 9.88 Å². The molecule has 0 radical (unpaired) electrons. The molecule has 206 valence electrons. The average Bonchev–Trinajstić information content (AvgIpc) is 3.57. The molecule has 1 N–H and O–H groups in total. The van der Waals surface area contributed by atoms with E-state index >= 15 is 0 Å². The number of pyridine rings is 1. The van der Waals surface area contributed by atoms with Gasteiger partial charge in [0.2, 0.25) is 0 Å². The molecule has 0 spiro atoms. The van der Waals surface area contributed by atoms with Gasteiger partial charge in [-0.1, -0.05) is 78.9 Å². The third-order valence-corrected chi connectivity index (χ3v) is 8.68. The number of carbonyl (C=O) groups is 1. The maximum absolute atomic E-state index is 13.9. The summed E-state index contributed by atoms with van der Waals surface area (Å²) in [4.78, 5) is 22.0. The lowest BCUT2D eigenvalue weighted by Gasteiger charge is -2.32. The smallest absolute Gasteiger partial charge is 0.257 e. The van der Waals surface area contributed by atoms with Crippen LogP contribution in [0.1, 0.15) is 50.7 Å². The number of nitrogens with one attached hydrogen (secondary N) is 1. The molecule has 6 heteroatoms. The maximum Gasteiger partial charge on any atom is 0.257 e. The highest BCUT2D eigenvalue weighted by Crippen LogP contribution is 2.33. The van der Waals surface area contributed by atoms with E-state index in [0.717, 1.165) is 59.4 Å². The van der Waals surface area contributed by atoms with Gasteiger partial charge in [-0.05, 0) is 53.5 Å². The average molecular weight is 560 g/mol. The van der Waals surface area contributed by atoms with Crippen molar-refractivity contribution >= 4 is 46.0 Å². The topological polar surface area (TPSA) is 54.5 Å². The molecule has 6 rings (SSSR count). The molecule has 5 aromatic rings. The number of likely N-dealkylation sites (tertiary alicyclic amines) is 1. The first kappa shape index (κ1) is 26.8. The lowest BCUT2D eigenvalue weighted by molar-refractivity contribution is 0.0713. The molecule has 2 aromatic heterocycles. The molecular formula is C35H33N3O2S. The maximum atomic E-state index is 13.9. The highest BCUT2D eigenvalue weighted by molar-refractivity contribution is 7.09. The number of hydrogen-bond acceptors (Lipinski definition) is 5. The van der Waals surface area contributed by atoms with Gasteiger partial charge in [-0.3, -0.25) is 9.78 Å². The number of amides is 1. The van der Waals surface area contributed by atoms with E-state index in [2.05, 4.69) is 77.4 Å². The van der Waals surface area contributed by atoms with Gasteiger partial charge >= 0.3 is 0 Å². The van der Waals surface area contributed by atoms with Crippen LogP contribution >= 0.6 is 11.3 Å². The van der Waals surface area contributed by atoms with Crippen LogP contribution in [0.4, 0.5) is 5.69 Å². The van der Waals surface area contributed by atoms with Crippen LogP contribution in [-0.4, -0.2) is 36.0 Å². The zero-order chi connectivity index (χ0) is 28.0. The third kappa shape index (κ3) is 6.03. The Morgan fingerprint density at radius 3 is 2.51 bits per heavy atom. The first-order valence-corrected chi connectivity index (χ1v) is 14.9. The molecular weight excluding hydrogens is 526 g/mol. The van der Waals surface area contributed by atoms with E-state index in [1.165, 1.54) is 10.4 Å². The van der Waals surface area contributed by atoms with E-state index in [1.54, 1.807) is 24.6 Å². The molecule has 1 aliphatic rings. The second-order valence-electron chi connectivity index (χ2n) is 10.3. The Labute approximate surface area is 245 Å². The number of nitrogens with zero attached hydrogens (tertiary/aromatic N) is 2. The normalized spacial score (nSPS) is 14.0. The van der Waals surface area contributed by atoms with Crippen LogP contribution in [-0.2, 0) is 6.54 Å². The van der Waals surface area contributed by atoms with E-state index < -0.39 is 0 Å². The molecule has 1 amide bonds. The zero-order valence-corrected chi connectivity index (χ0v) is 23.9. The molecule has 0 bridgehead atoms. The minimum absolute atomic E-state index is 0.0405. The number of ether oxygens (including phenoxy) is 1. The first-order valence-electron chi connectivity index (χ1n) is 14.0. The summed E-state index contributed by atoms with van der Waals surface area (Å²) < 4.78 is 5.28. The van der Waals surface area contributed by atoms with Crippen LogP contribution in [0.5, 0.6) is 5.75 Å². The van der Waals surface area contributed by atoms with Crippen LogP contribution in [0.2, 0.25) is 0 Å². The van der Waals surface area contributed by atoms with Gasteiger partial charge in [-0.2, -0.15) is 0 Å². The molecule has 0 atom stereocenters. The summed E-state index contributed by atoms with van der Waals surface area (Å²) in [5.74, 6) is 1.36. The van der Waals surface area contributed by atoms with E-state index in [1.807, 2.05) is 35.2 Å². The van der Waals surface area contributed by atoms with Crippen molar-refractivity contribution in [3.05, 3.63) is 124 Å². The van der Waals surface area contributed by atoms with Crippen molar-refractivity contribution in [2.75, 3.05) is 25.5 Å². The largest absolute Gasteiger partial charge is 0.497 e.